The average molecular weight is 413 g/mol. The van der Waals surface area contributed by atoms with E-state index in [1.807, 2.05) is 31.2 Å². The van der Waals surface area contributed by atoms with Crippen LogP contribution in [0.5, 0.6) is 0 Å². The summed E-state index contributed by atoms with van der Waals surface area (Å²) in [7, 11) is -3.79. The second-order valence-corrected chi connectivity index (χ2v) is 8.69. The maximum Gasteiger partial charge on any atom is 0.274 e. The Morgan fingerprint density at radius 1 is 1.17 bits per heavy atom. The zero-order valence-corrected chi connectivity index (χ0v) is 16.5. The van der Waals surface area contributed by atoms with Gasteiger partial charge in [-0.25, -0.2) is 13.1 Å². The Hall–Kier alpha value is -2.82. The van der Waals surface area contributed by atoms with Gasteiger partial charge in [0.1, 0.15) is 0 Å². The largest absolute Gasteiger partial charge is 0.440 e. The summed E-state index contributed by atoms with van der Waals surface area (Å²) in [5.41, 5.74) is 1.39. The van der Waals surface area contributed by atoms with E-state index in [4.69, 9.17) is 9.15 Å². The molecule has 0 saturated carbocycles. The molecule has 29 heavy (non-hydrogen) atoms. The van der Waals surface area contributed by atoms with Crippen LogP contribution in [-0.4, -0.2) is 47.5 Å². The molecule has 1 aliphatic rings. The Balaban J connectivity index is 1.49. The number of aryl methyl sites for hydroxylation is 1. The molecule has 4 heterocycles. The van der Waals surface area contributed by atoms with Gasteiger partial charge in [-0.15, -0.1) is 10.2 Å². The maximum absolute atomic E-state index is 12.5. The highest BCUT2D eigenvalue weighted by molar-refractivity contribution is 7.89. The molecular formula is C19H19N5O4S. The maximum atomic E-state index is 12.5. The minimum Gasteiger partial charge on any atom is -0.440 e. The minimum absolute atomic E-state index is 0.0971. The van der Waals surface area contributed by atoms with E-state index in [1.54, 1.807) is 10.6 Å². The first-order chi connectivity index (χ1) is 14.0. The number of ether oxygens (including phenoxy) is 1. The van der Waals surface area contributed by atoms with Crippen molar-refractivity contribution in [3.05, 3.63) is 42.1 Å². The molecule has 0 unspecified atom stereocenters. The van der Waals surface area contributed by atoms with E-state index in [1.165, 1.54) is 6.07 Å². The van der Waals surface area contributed by atoms with E-state index in [0.29, 0.717) is 18.1 Å². The first-order valence-corrected chi connectivity index (χ1v) is 10.8. The molecular weight excluding hydrogens is 394 g/mol. The fraction of sp³-hybridized carbons (Fsp3) is 0.316. The molecule has 3 aromatic heterocycles. The zero-order chi connectivity index (χ0) is 20.0. The van der Waals surface area contributed by atoms with Gasteiger partial charge in [0.15, 0.2) is 11.4 Å². The lowest BCUT2D eigenvalue weighted by Gasteiger charge is -2.09. The molecule has 0 bridgehead atoms. The van der Waals surface area contributed by atoms with Crippen molar-refractivity contribution in [3.8, 4) is 11.6 Å². The molecule has 9 nitrogen and oxygen atoms in total. The lowest BCUT2D eigenvalue weighted by Crippen LogP contribution is -2.31. The van der Waals surface area contributed by atoms with E-state index in [0.717, 1.165) is 29.3 Å². The minimum atomic E-state index is -3.79. The van der Waals surface area contributed by atoms with Crippen LogP contribution in [0.25, 0.3) is 28.0 Å². The third kappa shape index (κ3) is 3.18. The van der Waals surface area contributed by atoms with E-state index < -0.39 is 10.0 Å². The average Bonchev–Trinajstić information content (AvgIpc) is 3.46. The molecule has 1 atom stereocenters. The summed E-state index contributed by atoms with van der Waals surface area (Å²) in [6.07, 6.45) is 1.69. The van der Waals surface area contributed by atoms with E-state index in [-0.39, 0.29) is 23.5 Å². The lowest BCUT2D eigenvalue weighted by molar-refractivity contribution is 0.114. The van der Waals surface area contributed by atoms with Gasteiger partial charge in [0.2, 0.25) is 10.9 Å². The van der Waals surface area contributed by atoms with Crippen molar-refractivity contribution >= 4 is 26.4 Å². The number of nitrogens with one attached hydrogen (secondary N) is 1. The Bertz CT molecular complexity index is 1300. The number of furan rings is 1. The van der Waals surface area contributed by atoms with Gasteiger partial charge in [0.05, 0.1) is 11.8 Å². The molecule has 1 N–H and O–H groups in total. The molecule has 5 rings (SSSR count). The molecule has 1 aromatic carbocycles. The number of rotatable bonds is 5. The summed E-state index contributed by atoms with van der Waals surface area (Å²) in [6.45, 7) is 2.79. The van der Waals surface area contributed by atoms with Crippen LogP contribution in [0.3, 0.4) is 0 Å². The fourth-order valence-corrected chi connectivity index (χ4v) is 4.55. The second-order valence-electron chi connectivity index (χ2n) is 7.00. The van der Waals surface area contributed by atoms with Crippen LogP contribution in [0.4, 0.5) is 0 Å². The molecule has 4 aromatic rings. The molecule has 150 valence electrons. The number of nitrogens with zero attached hydrogens (tertiary/aromatic N) is 4. The van der Waals surface area contributed by atoms with Gasteiger partial charge in [-0.2, -0.15) is 9.61 Å². The van der Waals surface area contributed by atoms with E-state index >= 15 is 0 Å². The summed E-state index contributed by atoms with van der Waals surface area (Å²) in [6, 6.07) is 10.8. The SMILES string of the molecule is Cc1nn2c(-c3ccc(S(=O)(=O)NC[C@H]4CCCO4)o3)nnc2c2ccccc12. The third-order valence-electron chi connectivity index (χ3n) is 5.04. The molecule has 0 spiro atoms. The van der Waals surface area contributed by atoms with Crippen molar-refractivity contribution in [2.75, 3.05) is 13.2 Å². The van der Waals surface area contributed by atoms with Gasteiger partial charge in [-0.1, -0.05) is 24.3 Å². The number of sulfonamides is 1. The van der Waals surface area contributed by atoms with Crippen LogP contribution in [0, 0.1) is 6.92 Å². The van der Waals surface area contributed by atoms with Crippen LogP contribution in [0.15, 0.2) is 45.9 Å². The van der Waals surface area contributed by atoms with Crippen LogP contribution in [0.2, 0.25) is 0 Å². The van der Waals surface area contributed by atoms with Gasteiger partial charge in [-0.05, 0) is 31.9 Å². The number of benzene rings is 1. The number of aromatic nitrogens is 4. The van der Waals surface area contributed by atoms with E-state index in [9.17, 15) is 8.42 Å². The predicted octanol–water partition coefficient (Wildman–Crippen LogP) is 2.30. The smallest absolute Gasteiger partial charge is 0.274 e. The van der Waals surface area contributed by atoms with Crippen LogP contribution < -0.4 is 4.72 Å². The highest BCUT2D eigenvalue weighted by atomic mass is 32.2. The predicted molar refractivity (Wildman–Crippen MR) is 105 cm³/mol. The topological polar surface area (TPSA) is 112 Å². The van der Waals surface area contributed by atoms with Crippen molar-refractivity contribution in [2.24, 2.45) is 0 Å². The molecule has 0 radical (unpaired) electrons. The monoisotopic (exact) mass is 413 g/mol. The van der Waals surface area contributed by atoms with Crippen LogP contribution in [0.1, 0.15) is 18.5 Å². The third-order valence-corrected chi connectivity index (χ3v) is 6.34. The van der Waals surface area contributed by atoms with Gasteiger partial charge in [-0.3, -0.25) is 0 Å². The number of hydrogen-bond donors (Lipinski definition) is 1. The highest BCUT2D eigenvalue weighted by Crippen LogP contribution is 2.27. The molecule has 10 heteroatoms. The fourth-order valence-electron chi connectivity index (χ4n) is 3.56. The summed E-state index contributed by atoms with van der Waals surface area (Å²) < 4.78 is 40.3. The summed E-state index contributed by atoms with van der Waals surface area (Å²) >= 11 is 0. The lowest BCUT2D eigenvalue weighted by atomic mass is 10.1. The van der Waals surface area contributed by atoms with Gasteiger partial charge < -0.3 is 9.15 Å². The van der Waals surface area contributed by atoms with E-state index in [2.05, 4.69) is 20.0 Å². The Labute approximate surface area is 166 Å². The van der Waals surface area contributed by atoms with Crippen molar-refractivity contribution in [3.63, 3.8) is 0 Å². The standard InChI is InChI=1S/C19H19N5O4S/c1-12-14-6-2-3-7-15(14)18-21-22-19(24(18)23-12)16-8-9-17(28-16)29(25,26)20-11-13-5-4-10-27-13/h2-3,6-9,13,20H,4-5,10-11H2,1H3/t13-/m1/s1. The summed E-state index contributed by atoms with van der Waals surface area (Å²) in [5, 5.41) is 14.7. The molecule has 1 aliphatic heterocycles. The highest BCUT2D eigenvalue weighted by Gasteiger charge is 2.24. The molecule has 1 saturated heterocycles. The molecule has 0 amide bonds. The summed E-state index contributed by atoms with van der Waals surface area (Å²) in [5.74, 6) is 0.617. The molecule has 1 fully saturated rings. The number of hydrogen-bond acceptors (Lipinski definition) is 7. The van der Waals surface area contributed by atoms with Gasteiger partial charge in [0.25, 0.3) is 10.0 Å². The van der Waals surface area contributed by atoms with Gasteiger partial charge >= 0.3 is 0 Å². The second kappa shape index (κ2) is 6.90. The van der Waals surface area contributed by atoms with Crippen LogP contribution in [-0.2, 0) is 14.8 Å². The Morgan fingerprint density at radius 2 is 2.00 bits per heavy atom. The first-order valence-electron chi connectivity index (χ1n) is 9.35. The van der Waals surface area contributed by atoms with Gasteiger partial charge in [0, 0.05) is 23.9 Å². The van der Waals surface area contributed by atoms with Crippen molar-refractivity contribution < 1.29 is 17.6 Å². The van der Waals surface area contributed by atoms with Crippen molar-refractivity contribution in [1.29, 1.82) is 0 Å². The zero-order valence-electron chi connectivity index (χ0n) is 15.7. The quantitative estimate of drug-likeness (QED) is 0.534. The van der Waals surface area contributed by atoms with Crippen molar-refractivity contribution in [1.82, 2.24) is 24.5 Å². The Morgan fingerprint density at radius 3 is 2.79 bits per heavy atom. The normalized spacial score (nSPS) is 17.5. The first kappa shape index (κ1) is 18.2. The Kier molecular flexibility index (Phi) is 4.34. The van der Waals surface area contributed by atoms with Crippen LogP contribution >= 0.6 is 0 Å². The molecule has 0 aliphatic carbocycles. The number of fused-ring (bicyclic) bond motifs is 3. The van der Waals surface area contributed by atoms with Crippen molar-refractivity contribution in [2.45, 2.75) is 31.0 Å². The summed E-state index contributed by atoms with van der Waals surface area (Å²) in [4.78, 5) is 0.